The summed E-state index contributed by atoms with van der Waals surface area (Å²) in [5.41, 5.74) is 3.25. The maximum absolute atomic E-state index is 6.32. The number of anilines is 1. The van der Waals surface area contributed by atoms with Crippen LogP contribution in [0, 0.1) is 0 Å². The Hall–Kier alpha value is -2.87. The third-order valence-corrected chi connectivity index (χ3v) is 6.18. The number of aromatic nitrogens is 4. The second kappa shape index (κ2) is 8.94. The highest BCUT2D eigenvalue weighted by molar-refractivity contribution is 6.35. The van der Waals surface area contributed by atoms with Crippen LogP contribution in [-0.2, 0) is 0 Å². The third kappa shape index (κ3) is 3.99. The highest BCUT2D eigenvalue weighted by Crippen LogP contribution is 2.32. The molecule has 1 aliphatic rings. The lowest BCUT2D eigenvalue weighted by Gasteiger charge is -2.28. The molecule has 4 aromatic rings. The van der Waals surface area contributed by atoms with Crippen molar-refractivity contribution < 1.29 is 4.84 Å². The summed E-state index contributed by atoms with van der Waals surface area (Å²) in [5.74, 6) is 0.978. The van der Waals surface area contributed by atoms with Gasteiger partial charge < -0.3 is 15.1 Å². The molecule has 9 heteroatoms. The van der Waals surface area contributed by atoms with Gasteiger partial charge in [-0.1, -0.05) is 46.2 Å². The number of hydrogen-bond acceptors (Lipinski definition) is 6. The van der Waals surface area contributed by atoms with Crippen LogP contribution < -0.4 is 15.1 Å². The van der Waals surface area contributed by atoms with Gasteiger partial charge in [0.25, 0.3) is 0 Å². The molecule has 1 aliphatic heterocycles. The normalized spacial score (nSPS) is 15.2. The van der Waals surface area contributed by atoms with Crippen LogP contribution in [0.3, 0.4) is 0 Å². The maximum Gasteiger partial charge on any atom is 0.152 e. The Morgan fingerprint density at radius 3 is 2.47 bits per heavy atom. The molecule has 0 bridgehead atoms. The van der Waals surface area contributed by atoms with Gasteiger partial charge in [0, 0.05) is 61.3 Å². The van der Waals surface area contributed by atoms with E-state index in [1.54, 1.807) is 12.4 Å². The summed E-state index contributed by atoms with van der Waals surface area (Å²) in [6, 6.07) is 12.0. The molecule has 3 aromatic heterocycles. The first-order valence-electron chi connectivity index (χ1n) is 10.5. The minimum atomic E-state index is -0.428. The maximum atomic E-state index is 6.32. The van der Waals surface area contributed by atoms with Gasteiger partial charge in [-0.05, 0) is 25.1 Å². The number of nitrogens with zero attached hydrogens (tertiary/aromatic N) is 5. The predicted molar refractivity (Wildman–Crippen MR) is 127 cm³/mol. The minimum Gasteiger partial charge on any atom is -0.388 e. The van der Waals surface area contributed by atoms with E-state index in [-0.39, 0.29) is 0 Å². The molecule has 5 rings (SSSR count). The molecular weight excluding hydrogens is 447 g/mol. The number of para-hydroxylation sites is 1. The molecule has 1 unspecified atom stereocenters. The fraction of sp³-hybridized carbons (Fsp3) is 0.261. The van der Waals surface area contributed by atoms with Gasteiger partial charge in [-0.2, -0.15) is 0 Å². The van der Waals surface area contributed by atoms with E-state index < -0.39 is 6.10 Å². The first-order chi connectivity index (χ1) is 15.6. The molecule has 0 amide bonds. The summed E-state index contributed by atoms with van der Waals surface area (Å²) >= 11 is 12.6. The molecule has 0 aliphatic carbocycles. The van der Waals surface area contributed by atoms with Crippen molar-refractivity contribution in [3.8, 4) is 11.3 Å². The van der Waals surface area contributed by atoms with E-state index in [1.807, 2.05) is 37.4 Å². The lowest BCUT2D eigenvalue weighted by molar-refractivity contribution is 0.0333. The van der Waals surface area contributed by atoms with Gasteiger partial charge in [0.2, 0.25) is 0 Å². The third-order valence-electron chi connectivity index (χ3n) is 5.57. The summed E-state index contributed by atoms with van der Waals surface area (Å²) in [6.45, 7) is 5.73. The largest absolute Gasteiger partial charge is 0.388 e. The van der Waals surface area contributed by atoms with Crippen LogP contribution in [0.15, 0.2) is 55.0 Å². The van der Waals surface area contributed by atoms with E-state index in [2.05, 4.69) is 27.3 Å². The van der Waals surface area contributed by atoms with Crippen molar-refractivity contribution in [3.05, 3.63) is 70.6 Å². The quantitative estimate of drug-likeness (QED) is 0.468. The summed E-state index contributed by atoms with van der Waals surface area (Å²) in [4.78, 5) is 18.7. The first-order valence-corrected chi connectivity index (χ1v) is 11.2. The number of piperazine rings is 1. The molecule has 4 heterocycles. The monoisotopic (exact) mass is 468 g/mol. The second-order valence-electron chi connectivity index (χ2n) is 7.65. The van der Waals surface area contributed by atoms with Gasteiger partial charge in [-0.25, -0.2) is 4.98 Å². The van der Waals surface area contributed by atoms with E-state index in [4.69, 9.17) is 38.1 Å². The number of fused-ring (bicyclic) bond motifs is 1. The van der Waals surface area contributed by atoms with Crippen molar-refractivity contribution >= 4 is 39.9 Å². The van der Waals surface area contributed by atoms with E-state index >= 15 is 0 Å². The summed E-state index contributed by atoms with van der Waals surface area (Å²) in [5, 5.41) is 10.00. The fourth-order valence-corrected chi connectivity index (χ4v) is 4.62. The summed E-state index contributed by atoms with van der Waals surface area (Å²) < 4.78 is 0. The van der Waals surface area contributed by atoms with Crippen molar-refractivity contribution in [1.29, 1.82) is 0 Å². The number of pyridine rings is 2. The van der Waals surface area contributed by atoms with Crippen LogP contribution >= 0.6 is 23.2 Å². The zero-order valence-corrected chi connectivity index (χ0v) is 19.0. The fourth-order valence-electron chi connectivity index (χ4n) is 3.95. The molecule has 0 spiro atoms. The number of nitrogens with one attached hydrogen (secondary N) is 1. The highest BCUT2D eigenvalue weighted by Gasteiger charge is 2.20. The zero-order valence-electron chi connectivity index (χ0n) is 17.5. The van der Waals surface area contributed by atoms with Crippen LogP contribution in [0.1, 0.15) is 18.6 Å². The number of benzene rings is 1. The standard InChI is InChI=1S/C23H22Cl2N6O/c1-15(22-18(24)13-27-14-19(22)25)32-31-20-5-3-2-4-17(20)23(29-31)16-6-7-21(28-12-16)30-10-8-26-9-11-30/h2-7,12-15,26H,8-11H2,1H3. The van der Waals surface area contributed by atoms with Gasteiger partial charge in [0.05, 0.1) is 10.0 Å². The SMILES string of the molecule is CC(On1nc(-c2ccc(N3CCNCC3)nc2)c2ccccc21)c1c(Cl)cncc1Cl. The molecule has 1 fully saturated rings. The number of halogens is 2. The molecule has 1 aromatic carbocycles. The molecular formula is C23H22Cl2N6O. The second-order valence-corrected chi connectivity index (χ2v) is 8.46. The van der Waals surface area contributed by atoms with E-state index in [1.165, 1.54) is 4.85 Å². The Labute approximate surface area is 195 Å². The molecule has 1 saturated heterocycles. The average Bonchev–Trinajstić information content (AvgIpc) is 3.18. The Bertz CT molecular complexity index is 1220. The van der Waals surface area contributed by atoms with Gasteiger partial charge in [-0.3, -0.25) is 4.98 Å². The lowest BCUT2D eigenvalue weighted by atomic mass is 10.1. The molecule has 1 atom stereocenters. The van der Waals surface area contributed by atoms with Gasteiger partial charge in [0.15, 0.2) is 6.10 Å². The topological polar surface area (TPSA) is 68.1 Å². The Balaban J connectivity index is 1.48. The van der Waals surface area contributed by atoms with Crippen LogP contribution in [-0.4, -0.2) is 46.1 Å². The molecule has 0 radical (unpaired) electrons. The lowest BCUT2D eigenvalue weighted by Crippen LogP contribution is -2.43. The van der Waals surface area contributed by atoms with Crippen molar-refractivity contribution in [2.75, 3.05) is 31.1 Å². The zero-order chi connectivity index (χ0) is 22.1. The molecule has 0 saturated carbocycles. The average molecular weight is 469 g/mol. The highest BCUT2D eigenvalue weighted by atomic mass is 35.5. The van der Waals surface area contributed by atoms with Crippen molar-refractivity contribution in [2.45, 2.75) is 13.0 Å². The molecule has 164 valence electrons. The van der Waals surface area contributed by atoms with Crippen molar-refractivity contribution in [3.63, 3.8) is 0 Å². The van der Waals surface area contributed by atoms with E-state index in [0.717, 1.165) is 54.2 Å². The number of rotatable bonds is 5. The van der Waals surface area contributed by atoms with Crippen LogP contribution in [0.5, 0.6) is 0 Å². The van der Waals surface area contributed by atoms with Gasteiger partial charge in [-0.15, -0.1) is 5.10 Å². The molecule has 7 nitrogen and oxygen atoms in total. The van der Waals surface area contributed by atoms with Crippen molar-refractivity contribution in [2.24, 2.45) is 0 Å². The van der Waals surface area contributed by atoms with Gasteiger partial charge >= 0.3 is 0 Å². The van der Waals surface area contributed by atoms with Crippen molar-refractivity contribution in [1.82, 2.24) is 25.2 Å². The molecule has 1 N–H and O–H groups in total. The van der Waals surface area contributed by atoms with E-state index in [0.29, 0.717) is 15.6 Å². The Morgan fingerprint density at radius 2 is 1.75 bits per heavy atom. The predicted octanol–water partition coefficient (Wildman–Crippen LogP) is 4.40. The smallest absolute Gasteiger partial charge is 0.152 e. The Morgan fingerprint density at radius 1 is 1.00 bits per heavy atom. The van der Waals surface area contributed by atoms with Gasteiger partial charge in [0.1, 0.15) is 17.0 Å². The summed E-state index contributed by atoms with van der Waals surface area (Å²) in [7, 11) is 0. The van der Waals surface area contributed by atoms with Crippen LogP contribution in [0.4, 0.5) is 5.82 Å². The molecule has 32 heavy (non-hydrogen) atoms. The minimum absolute atomic E-state index is 0.428. The first kappa shape index (κ1) is 21.0. The Kier molecular flexibility index (Phi) is 5.87. The van der Waals surface area contributed by atoms with E-state index in [9.17, 15) is 0 Å². The summed E-state index contributed by atoms with van der Waals surface area (Å²) in [6.07, 6.45) is 4.56. The van der Waals surface area contributed by atoms with Crippen LogP contribution in [0.25, 0.3) is 22.2 Å². The van der Waals surface area contributed by atoms with Crippen LogP contribution in [0.2, 0.25) is 10.0 Å². The number of hydrogen-bond donors (Lipinski definition) is 1.